The Morgan fingerprint density at radius 1 is 1.16 bits per heavy atom. The molecule has 0 aromatic carbocycles. The lowest BCUT2D eigenvalue weighted by atomic mass is 10.0. The van der Waals surface area contributed by atoms with E-state index < -0.39 is 12.1 Å². The molecular weight excluding hydrogens is 244 g/mol. The van der Waals surface area contributed by atoms with Crippen molar-refractivity contribution in [3.63, 3.8) is 0 Å². The molecule has 1 N–H and O–H groups in total. The zero-order valence-corrected chi connectivity index (χ0v) is 14.0. The molecule has 1 unspecified atom stereocenters. The predicted molar refractivity (Wildman–Crippen MR) is 80.2 cm³/mol. The van der Waals surface area contributed by atoms with E-state index in [1.54, 1.807) is 11.9 Å². The minimum atomic E-state index is -0.577. The van der Waals surface area contributed by atoms with Crippen molar-refractivity contribution in [2.24, 2.45) is 5.92 Å². The number of likely N-dealkylation sites (N-methyl/N-ethyl adjacent to an activating group) is 1. The first-order chi connectivity index (χ1) is 8.93. The van der Waals surface area contributed by atoms with Crippen molar-refractivity contribution >= 4 is 12.0 Å². The molecule has 5 nitrogen and oxygen atoms in total. The van der Waals surface area contributed by atoms with Gasteiger partial charge in [-0.15, -0.1) is 0 Å². The number of carbonyl (C=O) groups excluding carboxylic acids is 2. The molecule has 0 aliphatic heterocycles. The molecule has 0 spiro atoms. The van der Waals surface area contributed by atoms with Crippen LogP contribution in [-0.2, 0) is 9.53 Å². The van der Waals surface area contributed by atoms with Gasteiger partial charge in [0.05, 0.1) is 7.11 Å². The first-order valence-electron chi connectivity index (χ1n) is 7.03. The number of amides is 2. The Labute approximate surface area is 118 Å². The second kappa shape index (κ2) is 14.8. The summed E-state index contributed by atoms with van der Waals surface area (Å²) in [5.74, 6) is -0.0662. The SMILES string of the molecule is CC.CC.CCN(C)C(=O)C(NC(=O)OC)C(C)C. The second-order valence-corrected chi connectivity index (χ2v) is 3.71. The zero-order valence-electron chi connectivity index (χ0n) is 14.0. The Morgan fingerprint density at radius 3 is 1.84 bits per heavy atom. The lowest BCUT2D eigenvalue weighted by Gasteiger charge is -2.25. The van der Waals surface area contributed by atoms with Crippen LogP contribution in [0.3, 0.4) is 0 Å². The highest BCUT2D eigenvalue weighted by molar-refractivity contribution is 5.85. The van der Waals surface area contributed by atoms with E-state index >= 15 is 0 Å². The lowest BCUT2D eigenvalue weighted by Crippen LogP contribution is -2.50. The maximum absolute atomic E-state index is 11.8. The highest BCUT2D eigenvalue weighted by Crippen LogP contribution is 2.05. The van der Waals surface area contributed by atoms with Gasteiger partial charge in [-0.2, -0.15) is 0 Å². The van der Waals surface area contributed by atoms with E-state index in [1.165, 1.54) is 7.11 Å². The molecule has 0 bridgehead atoms. The molecule has 1 atom stereocenters. The number of carbonyl (C=O) groups is 2. The van der Waals surface area contributed by atoms with Crippen LogP contribution < -0.4 is 5.32 Å². The quantitative estimate of drug-likeness (QED) is 0.859. The standard InChI is InChI=1S/C10H20N2O3.2C2H6/c1-6-12(4)9(13)8(7(2)3)11-10(14)15-5;2*1-2/h7-8H,6H2,1-5H3,(H,11,14);2*1-2H3. The second-order valence-electron chi connectivity index (χ2n) is 3.71. The normalized spacial score (nSPS) is 10.2. The van der Waals surface area contributed by atoms with Gasteiger partial charge in [0.1, 0.15) is 6.04 Å². The largest absolute Gasteiger partial charge is 0.453 e. The summed E-state index contributed by atoms with van der Waals surface area (Å²) in [7, 11) is 2.98. The maximum atomic E-state index is 11.8. The van der Waals surface area contributed by atoms with Crippen LogP contribution in [0.5, 0.6) is 0 Å². The minimum Gasteiger partial charge on any atom is -0.453 e. The zero-order chi connectivity index (χ0) is 16.0. The average Bonchev–Trinajstić information content (AvgIpc) is 2.46. The van der Waals surface area contributed by atoms with Gasteiger partial charge in [0.15, 0.2) is 0 Å². The Balaban J connectivity index is -0.000000579. The van der Waals surface area contributed by atoms with Gasteiger partial charge in [0.25, 0.3) is 0 Å². The molecule has 0 aliphatic carbocycles. The number of hydrogen-bond donors (Lipinski definition) is 1. The van der Waals surface area contributed by atoms with E-state index in [1.807, 2.05) is 48.5 Å². The topological polar surface area (TPSA) is 58.6 Å². The molecule has 5 heteroatoms. The van der Waals surface area contributed by atoms with E-state index in [0.29, 0.717) is 6.54 Å². The molecule has 0 aliphatic rings. The van der Waals surface area contributed by atoms with Crippen molar-refractivity contribution in [2.75, 3.05) is 20.7 Å². The number of ether oxygens (including phenoxy) is 1. The summed E-state index contributed by atoms with van der Waals surface area (Å²) in [5, 5.41) is 2.53. The third kappa shape index (κ3) is 10.4. The van der Waals surface area contributed by atoms with Crippen LogP contribution in [-0.4, -0.2) is 43.6 Å². The maximum Gasteiger partial charge on any atom is 0.407 e. The van der Waals surface area contributed by atoms with E-state index in [2.05, 4.69) is 10.1 Å². The van der Waals surface area contributed by atoms with Crippen molar-refractivity contribution in [1.82, 2.24) is 10.2 Å². The van der Waals surface area contributed by atoms with Crippen LogP contribution in [0.2, 0.25) is 0 Å². The van der Waals surface area contributed by atoms with Gasteiger partial charge in [0, 0.05) is 13.6 Å². The van der Waals surface area contributed by atoms with Crippen LogP contribution in [0.1, 0.15) is 48.5 Å². The molecule has 0 fully saturated rings. The fourth-order valence-electron chi connectivity index (χ4n) is 1.09. The molecule has 0 saturated heterocycles. The summed E-state index contributed by atoms with van der Waals surface area (Å²) < 4.78 is 4.47. The molecule has 0 heterocycles. The molecule has 19 heavy (non-hydrogen) atoms. The molecule has 2 amide bonds. The fourth-order valence-corrected chi connectivity index (χ4v) is 1.09. The van der Waals surface area contributed by atoms with Crippen LogP contribution in [0.25, 0.3) is 0 Å². The number of alkyl carbamates (subject to hydrolysis) is 1. The Morgan fingerprint density at radius 2 is 1.58 bits per heavy atom. The summed E-state index contributed by atoms with van der Waals surface area (Å²) in [6, 6.07) is -0.526. The van der Waals surface area contributed by atoms with E-state index in [4.69, 9.17) is 0 Å². The Hall–Kier alpha value is -1.26. The van der Waals surface area contributed by atoms with Crippen molar-refractivity contribution in [3.8, 4) is 0 Å². The van der Waals surface area contributed by atoms with Gasteiger partial charge in [0.2, 0.25) is 5.91 Å². The summed E-state index contributed by atoms with van der Waals surface area (Å²) in [4.78, 5) is 24.4. The average molecular weight is 276 g/mol. The van der Waals surface area contributed by atoms with E-state index in [-0.39, 0.29) is 11.8 Å². The van der Waals surface area contributed by atoms with E-state index in [9.17, 15) is 9.59 Å². The highest BCUT2D eigenvalue weighted by atomic mass is 16.5. The third-order valence-electron chi connectivity index (χ3n) is 2.24. The Kier molecular flexibility index (Phi) is 17.8. The van der Waals surface area contributed by atoms with Crippen molar-refractivity contribution < 1.29 is 14.3 Å². The Bertz CT molecular complexity index is 231. The molecule has 0 rings (SSSR count). The number of nitrogens with zero attached hydrogens (tertiary/aromatic N) is 1. The number of rotatable bonds is 4. The number of nitrogens with one attached hydrogen (secondary N) is 1. The highest BCUT2D eigenvalue weighted by Gasteiger charge is 2.26. The van der Waals surface area contributed by atoms with Crippen molar-refractivity contribution in [3.05, 3.63) is 0 Å². The minimum absolute atomic E-state index is 0.0330. The summed E-state index contributed by atoms with van der Waals surface area (Å²) in [6.07, 6.45) is -0.577. The van der Waals surface area contributed by atoms with Crippen molar-refractivity contribution in [1.29, 1.82) is 0 Å². The number of hydrogen-bond acceptors (Lipinski definition) is 3. The van der Waals surface area contributed by atoms with E-state index in [0.717, 1.165) is 0 Å². The first kappa shape index (κ1) is 22.9. The summed E-state index contributed by atoms with van der Waals surface area (Å²) >= 11 is 0. The molecular formula is C14H32N2O3. The van der Waals surface area contributed by atoms with Crippen LogP contribution in [0.15, 0.2) is 0 Å². The summed E-state index contributed by atoms with van der Waals surface area (Å²) in [6.45, 7) is 14.3. The monoisotopic (exact) mass is 276 g/mol. The van der Waals surface area contributed by atoms with Gasteiger partial charge in [-0.3, -0.25) is 4.79 Å². The molecule has 0 saturated carbocycles. The molecule has 0 aromatic heterocycles. The molecule has 0 aromatic rings. The van der Waals surface area contributed by atoms with Crippen LogP contribution in [0, 0.1) is 5.92 Å². The van der Waals surface area contributed by atoms with Gasteiger partial charge < -0.3 is 15.0 Å². The summed E-state index contributed by atoms with van der Waals surface area (Å²) in [5.41, 5.74) is 0. The van der Waals surface area contributed by atoms with Crippen molar-refractivity contribution in [2.45, 2.75) is 54.5 Å². The molecule has 0 radical (unpaired) electrons. The smallest absolute Gasteiger partial charge is 0.407 e. The first-order valence-corrected chi connectivity index (χ1v) is 7.03. The van der Waals surface area contributed by atoms with Crippen LogP contribution in [0.4, 0.5) is 4.79 Å². The van der Waals surface area contributed by atoms with Gasteiger partial charge in [-0.05, 0) is 12.8 Å². The fraction of sp³-hybridized carbons (Fsp3) is 0.857. The molecule has 116 valence electrons. The lowest BCUT2D eigenvalue weighted by molar-refractivity contribution is -0.132. The predicted octanol–water partition coefficient (Wildman–Crippen LogP) is 2.90. The van der Waals surface area contributed by atoms with Gasteiger partial charge in [-0.25, -0.2) is 4.79 Å². The van der Waals surface area contributed by atoms with Gasteiger partial charge >= 0.3 is 6.09 Å². The number of methoxy groups -OCH3 is 1. The van der Waals surface area contributed by atoms with Gasteiger partial charge in [-0.1, -0.05) is 41.5 Å². The third-order valence-corrected chi connectivity index (χ3v) is 2.24. The van der Waals surface area contributed by atoms with Crippen LogP contribution >= 0.6 is 0 Å².